The van der Waals surface area contributed by atoms with E-state index in [9.17, 15) is 4.79 Å². The molecule has 2 aromatic heterocycles. The molecule has 0 atom stereocenters. The Morgan fingerprint density at radius 3 is 2.62 bits per heavy atom. The number of hydrogen-bond acceptors (Lipinski definition) is 4. The van der Waals surface area contributed by atoms with Crippen molar-refractivity contribution in [2.45, 2.75) is 5.16 Å². The fraction of sp³-hybridized carbons (Fsp3) is 0.0625. The summed E-state index contributed by atoms with van der Waals surface area (Å²) in [7, 11) is 0. The summed E-state index contributed by atoms with van der Waals surface area (Å²) in [5.41, 5.74) is 1.77. The quantitative estimate of drug-likeness (QED) is 0.360. The molecule has 0 bridgehead atoms. The summed E-state index contributed by atoms with van der Waals surface area (Å²) in [5, 5.41) is 6.56. The van der Waals surface area contributed by atoms with Crippen molar-refractivity contribution < 1.29 is 0 Å². The van der Waals surface area contributed by atoms with Crippen LogP contribution >= 0.6 is 39.3 Å². The lowest BCUT2D eigenvalue weighted by Crippen LogP contribution is -2.20. The van der Waals surface area contributed by atoms with E-state index in [1.54, 1.807) is 24.3 Å². The maximum Gasteiger partial charge on any atom is 0.357 e. The highest BCUT2D eigenvalue weighted by molar-refractivity contribution is 9.10. The molecular formula is C16H10BrClN4OS. The normalized spacial score (nSPS) is 11.5. The Labute approximate surface area is 154 Å². The van der Waals surface area contributed by atoms with E-state index < -0.39 is 0 Å². The first-order chi connectivity index (χ1) is 11.6. The van der Waals surface area contributed by atoms with Crippen molar-refractivity contribution in [1.29, 1.82) is 0 Å². The van der Waals surface area contributed by atoms with Crippen LogP contribution in [-0.2, 0) is 0 Å². The molecule has 0 unspecified atom stereocenters. The first-order valence-electron chi connectivity index (χ1n) is 6.99. The van der Waals surface area contributed by atoms with Crippen LogP contribution < -0.4 is 5.69 Å². The van der Waals surface area contributed by atoms with Crippen LogP contribution in [-0.4, -0.2) is 25.4 Å². The maximum absolute atomic E-state index is 12.9. The Balaban J connectivity index is 2.13. The predicted octanol–water partition coefficient (Wildman–Crippen LogP) is 4.17. The minimum absolute atomic E-state index is 0.258. The zero-order valence-electron chi connectivity index (χ0n) is 12.4. The molecule has 0 fully saturated rings. The second kappa shape index (κ2) is 5.91. The van der Waals surface area contributed by atoms with Gasteiger partial charge in [0, 0.05) is 14.9 Å². The van der Waals surface area contributed by atoms with E-state index in [1.807, 2.05) is 24.5 Å². The molecule has 8 heteroatoms. The van der Waals surface area contributed by atoms with E-state index in [0.29, 0.717) is 21.5 Å². The van der Waals surface area contributed by atoms with Crippen LogP contribution in [0, 0.1) is 0 Å². The number of hydrogen-bond donors (Lipinski definition) is 0. The highest BCUT2D eigenvalue weighted by Gasteiger charge is 2.16. The summed E-state index contributed by atoms with van der Waals surface area (Å²) in [4.78, 5) is 17.5. The fourth-order valence-corrected chi connectivity index (χ4v) is 3.56. The highest BCUT2D eigenvalue weighted by Crippen LogP contribution is 2.25. The van der Waals surface area contributed by atoms with Crippen molar-refractivity contribution in [3.63, 3.8) is 0 Å². The van der Waals surface area contributed by atoms with Crippen molar-refractivity contribution in [2.75, 3.05) is 6.26 Å². The molecule has 0 radical (unpaired) electrons. The molecule has 0 saturated carbocycles. The van der Waals surface area contributed by atoms with Gasteiger partial charge in [0.1, 0.15) is 0 Å². The molecule has 0 aliphatic rings. The molecule has 4 rings (SSSR count). The van der Waals surface area contributed by atoms with Crippen LogP contribution in [0.25, 0.3) is 22.2 Å². The maximum atomic E-state index is 12.9. The zero-order chi connectivity index (χ0) is 16.8. The zero-order valence-corrected chi connectivity index (χ0v) is 15.6. The number of thioether (sulfide) groups is 1. The van der Waals surface area contributed by atoms with E-state index in [4.69, 9.17) is 11.6 Å². The molecule has 0 aliphatic carbocycles. The van der Waals surface area contributed by atoms with Crippen molar-refractivity contribution in [3.05, 3.63) is 62.4 Å². The van der Waals surface area contributed by atoms with Gasteiger partial charge < -0.3 is 0 Å². The van der Waals surface area contributed by atoms with Crippen LogP contribution in [0.15, 0.2) is 56.9 Å². The molecule has 2 aromatic carbocycles. The van der Waals surface area contributed by atoms with Crippen molar-refractivity contribution in [2.24, 2.45) is 0 Å². The standard InChI is InChI=1S/C16H10BrClN4OS/c1-24-15-19-13-7-2-9(17)8-12(13)14-20-22(16(23)21(14)15)11-5-3-10(18)4-6-11/h2-8H,1H3. The summed E-state index contributed by atoms with van der Waals surface area (Å²) < 4.78 is 3.81. The van der Waals surface area contributed by atoms with Gasteiger partial charge in [-0.15, -0.1) is 5.10 Å². The van der Waals surface area contributed by atoms with E-state index in [2.05, 4.69) is 26.0 Å². The third-order valence-electron chi connectivity index (χ3n) is 3.64. The minimum Gasteiger partial charge on any atom is -0.245 e. The predicted molar refractivity (Wildman–Crippen MR) is 101 cm³/mol. The van der Waals surface area contributed by atoms with Gasteiger partial charge in [0.2, 0.25) is 0 Å². The molecule has 120 valence electrons. The lowest BCUT2D eigenvalue weighted by atomic mass is 10.2. The Hall–Kier alpha value is -1.83. The van der Waals surface area contributed by atoms with Gasteiger partial charge in [0.15, 0.2) is 10.8 Å². The van der Waals surface area contributed by atoms with Crippen molar-refractivity contribution in [1.82, 2.24) is 19.2 Å². The fourth-order valence-electron chi connectivity index (χ4n) is 2.54. The van der Waals surface area contributed by atoms with Gasteiger partial charge in [-0.05, 0) is 48.7 Å². The van der Waals surface area contributed by atoms with Crippen LogP contribution in [0.5, 0.6) is 0 Å². The second-order valence-corrected chi connectivity index (χ2v) is 7.22. The average molecular weight is 422 g/mol. The molecule has 0 spiro atoms. The SMILES string of the molecule is CSc1nc2ccc(Br)cc2c2nn(-c3ccc(Cl)cc3)c(=O)n12. The Bertz CT molecular complexity index is 1140. The Morgan fingerprint density at radius 2 is 1.92 bits per heavy atom. The van der Waals surface area contributed by atoms with Gasteiger partial charge in [0.05, 0.1) is 11.2 Å². The van der Waals surface area contributed by atoms with Gasteiger partial charge in [-0.3, -0.25) is 0 Å². The third kappa shape index (κ3) is 2.44. The van der Waals surface area contributed by atoms with Gasteiger partial charge in [-0.1, -0.05) is 39.3 Å². The highest BCUT2D eigenvalue weighted by atomic mass is 79.9. The van der Waals surface area contributed by atoms with Crippen LogP contribution in [0.4, 0.5) is 0 Å². The number of benzene rings is 2. The smallest absolute Gasteiger partial charge is 0.245 e. The summed E-state index contributed by atoms with van der Waals surface area (Å²) in [6, 6.07) is 12.7. The molecule has 2 heterocycles. The van der Waals surface area contributed by atoms with Gasteiger partial charge in [0.25, 0.3) is 0 Å². The van der Waals surface area contributed by atoms with Gasteiger partial charge in [-0.25, -0.2) is 14.2 Å². The number of rotatable bonds is 2. The summed E-state index contributed by atoms with van der Waals surface area (Å²) >= 11 is 10.8. The lowest BCUT2D eigenvalue weighted by Gasteiger charge is -2.03. The number of aromatic nitrogens is 4. The van der Waals surface area contributed by atoms with Gasteiger partial charge in [-0.2, -0.15) is 4.68 Å². The Kier molecular flexibility index (Phi) is 3.86. The molecular weight excluding hydrogens is 412 g/mol. The van der Waals surface area contributed by atoms with E-state index in [1.165, 1.54) is 20.8 Å². The molecule has 5 nitrogen and oxygen atoms in total. The van der Waals surface area contributed by atoms with Crippen LogP contribution in [0.1, 0.15) is 0 Å². The average Bonchev–Trinajstić information content (AvgIpc) is 2.93. The minimum atomic E-state index is -0.258. The summed E-state index contributed by atoms with van der Waals surface area (Å²) in [6.07, 6.45) is 1.89. The number of halogens is 2. The molecule has 0 amide bonds. The number of nitrogens with zero attached hydrogens (tertiary/aromatic N) is 4. The molecule has 0 aliphatic heterocycles. The number of fused-ring (bicyclic) bond motifs is 3. The largest absolute Gasteiger partial charge is 0.357 e. The Morgan fingerprint density at radius 1 is 1.17 bits per heavy atom. The van der Waals surface area contributed by atoms with E-state index in [0.717, 1.165) is 15.4 Å². The van der Waals surface area contributed by atoms with Crippen molar-refractivity contribution >= 4 is 55.8 Å². The first kappa shape index (κ1) is 15.7. The van der Waals surface area contributed by atoms with Gasteiger partial charge >= 0.3 is 5.69 Å². The lowest BCUT2D eigenvalue weighted by molar-refractivity contribution is 0.807. The topological polar surface area (TPSA) is 52.2 Å². The third-order valence-corrected chi connectivity index (χ3v) is 5.02. The monoisotopic (exact) mass is 420 g/mol. The molecule has 4 aromatic rings. The van der Waals surface area contributed by atoms with E-state index in [-0.39, 0.29) is 5.69 Å². The first-order valence-corrected chi connectivity index (χ1v) is 9.39. The van der Waals surface area contributed by atoms with Crippen molar-refractivity contribution in [3.8, 4) is 5.69 Å². The van der Waals surface area contributed by atoms with Crippen LogP contribution in [0.2, 0.25) is 5.02 Å². The van der Waals surface area contributed by atoms with Crippen LogP contribution in [0.3, 0.4) is 0 Å². The molecule has 0 N–H and O–H groups in total. The second-order valence-electron chi connectivity index (χ2n) is 5.09. The summed E-state index contributed by atoms with van der Waals surface area (Å²) in [6.45, 7) is 0. The molecule has 0 saturated heterocycles. The summed E-state index contributed by atoms with van der Waals surface area (Å²) in [5.74, 6) is 0. The van der Waals surface area contributed by atoms with E-state index >= 15 is 0 Å². The molecule has 24 heavy (non-hydrogen) atoms.